The first-order valence-corrected chi connectivity index (χ1v) is 6.59. The average molecular weight is 323 g/mol. The molecule has 0 bridgehead atoms. The highest BCUT2D eigenvalue weighted by Crippen LogP contribution is 2.28. The standard InChI is InChI=1S/C13H9BrClN3/c1-7-4-5-16-13-11(7)17-12(18-13)8-2-3-9(14)10(15)6-8/h2-6H,1H3,(H,16,17,18). The van der Waals surface area contributed by atoms with Crippen LogP contribution in [0.5, 0.6) is 0 Å². The van der Waals surface area contributed by atoms with Crippen LogP contribution < -0.4 is 0 Å². The SMILES string of the molecule is Cc1ccnc2nc(-c3ccc(Br)c(Cl)c3)[nH]c12. The zero-order valence-corrected chi connectivity index (χ0v) is 11.9. The summed E-state index contributed by atoms with van der Waals surface area (Å²) in [5.41, 5.74) is 3.76. The van der Waals surface area contributed by atoms with Crippen molar-refractivity contribution in [2.45, 2.75) is 6.92 Å². The van der Waals surface area contributed by atoms with Gasteiger partial charge in [-0.3, -0.25) is 0 Å². The molecule has 0 radical (unpaired) electrons. The van der Waals surface area contributed by atoms with E-state index in [4.69, 9.17) is 11.6 Å². The predicted molar refractivity (Wildman–Crippen MR) is 76.8 cm³/mol. The molecule has 0 saturated heterocycles. The molecule has 2 heterocycles. The van der Waals surface area contributed by atoms with Gasteiger partial charge in [0.05, 0.1) is 10.5 Å². The molecule has 2 aromatic heterocycles. The fourth-order valence-electron chi connectivity index (χ4n) is 1.82. The second-order valence-electron chi connectivity index (χ2n) is 4.04. The van der Waals surface area contributed by atoms with E-state index < -0.39 is 0 Å². The Kier molecular flexibility index (Phi) is 2.84. The second-order valence-corrected chi connectivity index (χ2v) is 5.30. The Morgan fingerprint density at radius 2 is 2.11 bits per heavy atom. The van der Waals surface area contributed by atoms with E-state index in [0.717, 1.165) is 32.6 Å². The number of fused-ring (bicyclic) bond motifs is 1. The van der Waals surface area contributed by atoms with Crippen molar-refractivity contribution in [1.29, 1.82) is 0 Å². The van der Waals surface area contributed by atoms with Gasteiger partial charge in [-0.2, -0.15) is 0 Å². The molecule has 3 nitrogen and oxygen atoms in total. The Balaban J connectivity index is 2.19. The number of nitrogens with zero attached hydrogens (tertiary/aromatic N) is 2. The first-order valence-electron chi connectivity index (χ1n) is 5.42. The summed E-state index contributed by atoms with van der Waals surface area (Å²) in [5.74, 6) is 0.779. The van der Waals surface area contributed by atoms with Crippen molar-refractivity contribution in [1.82, 2.24) is 15.0 Å². The fraction of sp³-hybridized carbons (Fsp3) is 0.0769. The maximum atomic E-state index is 6.09. The Labute approximate surface area is 117 Å². The lowest BCUT2D eigenvalue weighted by Crippen LogP contribution is -1.81. The summed E-state index contributed by atoms with van der Waals surface area (Å²) in [6.07, 6.45) is 1.76. The van der Waals surface area contributed by atoms with Crippen molar-refractivity contribution >= 4 is 38.7 Å². The van der Waals surface area contributed by atoms with E-state index in [1.54, 1.807) is 6.20 Å². The highest BCUT2D eigenvalue weighted by Gasteiger charge is 2.09. The van der Waals surface area contributed by atoms with Crippen LogP contribution in [0.4, 0.5) is 0 Å². The minimum absolute atomic E-state index is 0.664. The highest BCUT2D eigenvalue weighted by atomic mass is 79.9. The number of rotatable bonds is 1. The van der Waals surface area contributed by atoms with Gasteiger partial charge in [-0.15, -0.1) is 0 Å². The van der Waals surface area contributed by atoms with Crippen molar-refractivity contribution < 1.29 is 0 Å². The topological polar surface area (TPSA) is 41.6 Å². The molecule has 0 fully saturated rings. The van der Waals surface area contributed by atoms with Crippen molar-refractivity contribution in [3.63, 3.8) is 0 Å². The number of imidazole rings is 1. The lowest BCUT2D eigenvalue weighted by molar-refractivity contribution is 1.30. The maximum Gasteiger partial charge on any atom is 0.178 e. The van der Waals surface area contributed by atoms with Crippen molar-refractivity contribution in [2.24, 2.45) is 0 Å². The van der Waals surface area contributed by atoms with Gasteiger partial charge in [-0.05, 0) is 46.6 Å². The third-order valence-corrected chi connectivity index (χ3v) is 4.03. The van der Waals surface area contributed by atoms with Crippen molar-refractivity contribution in [2.75, 3.05) is 0 Å². The number of hydrogen-bond acceptors (Lipinski definition) is 2. The largest absolute Gasteiger partial charge is 0.336 e. The Morgan fingerprint density at radius 3 is 2.83 bits per heavy atom. The molecule has 18 heavy (non-hydrogen) atoms. The normalized spacial score (nSPS) is 11.1. The van der Waals surface area contributed by atoms with Gasteiger partial charge in [-0.25, -0.2) is 9.97 Å². The molecule has 0 spiro atoms. The summed E-state index contributed by atoms with van der Waals surface area (Å²) in [4.78, 5) is 12.0. The molecule has 0 atom stereocenters. The number of nitrogens with one attached hydrogen (secondary N) is 1. The van der Waals surface area contributed by atoms with Crippen LogP contribution in [0.3, 0.4) is 0 Å². The van der Waals surface area contributed by atoms with Gasteiger partial charge < -0.3 is 4.98 Å². The number of hydrogen-bond donors (Lipinski definition) is 1. The molecule has 0 amide bonds. The van der Waals surface area contributed by atoms with E-state index in [1.807, 2.05) is 31.2 Å². The maximum absolute atomic E-state index is 6.09. The number of aromatic amines is 1. The van der Waals surface area contributed by atoms with E-state index in [1.165, 1.54) is 0 Å². The Hall–Kier alpha value is -1.39. The number of H-pyrrole nitrogens is 1. The number of aryl methyl sites for hydroxylation is 1. The minimum atomic E-state index is 0.664. The first kappa shape index (κ1) is 11.7. The molecule has 3 rings (SSSR count). The average Bonchev–Trinajstić information content (AvgIpc) is 2.78. The van der Waals surface area contributed by atoms with Gasteiger partial charge in [0.15, 0.2) is 5.65 Å². The summed E-state index contributed by atoms with van der Waals surface area (Å²) in [6, 6.07) is 7.70. The number of benzene rings is 1. The lowest BCUT2D eigenvalue weighted by Gasteiger charge is -1.99. The highest BCUT2D eigenvalue weighted by molar-refractivity contribution is 9.10. The number of aromatic nitrogens is 3. The molecule has 5 heteroatoms. The third kappa shape index (κ3) is 1.91. The molecular formula is C13H9BrClN3. The third-order valence-electron chi connectivity index (χ3n) is 2.79. The van der Waals surface area contributed by atoms with Crippen LogP contribution in [0.25, 0.3) is 22.6 Å². The molecule has 0 aliphatic rings. The van der Waals surface area contributed by atoms with E-state index >= 15 is 0 Å². The van der Waals surface area contributed by atoms with Gasteiger partial charge >= 0.3 is 0 Å². The second kappa shape index (κ2) is 4.37. The molecule has 0 saturated carbocycles. The minimum Gasteiger partial charge on any atom is -0.336 e. The smallest absolute Gasteiger partial charge is 0.178 e. The van der Waals surface area contributed by atoms with E-state index in [2.05, 4.69) is 30.9 Å². The van der Waals surface area contributed by atoms with Gasteiger partial charge in [0.2, 0.25) is 0 Å². The van der Waals surface area contributed by atoms with Gasteiger partial charge in [-0.1, -0.05) is 17.7 Å². The van der Waals surface area contributed by atoms with Gasteiger partial charge in [0, 0.05) is 16.2 Å². The number of pyridine rings is 1. The van der Waals surface area contributed by atoms with Crippen LogP contribution in [0.15, 0.2) is 34.9 Å². The summed E-state index contributed by atoms with van der Waals surface area (Å²) in [7, 11) is 0. The van der Waals surface area contributed by atoms with Crippen LogP contribution in [-0.4, -0.2) is 15.0 Å². The van der Waals surface area contributed by atoms with E-state index in [-0.39, 0.29) is 0 Å². The monoisotopic (exact) mass is 321 g/mol. The van der Waals surface area contributed by atoms with Crippen LogP contribution >= 0.6 is 27.5 Å². The summed E-state index contributed by atoms with van der Waals surface area (Å²) < 4.78 is 0.873. The van der Waals surface area contributed by atoms with E-state index in [9.17, 15) is 0 Å². The van der Waals surface area contributed by atoms with Crippen LogP contribution in [0.1, 0.15) is 5.56 Å². The van der Waals surface area contributed by atoms with Crippen LogP contribution in [0.2, 0.25) is 5.02 Å². The zero-order valence-electron chi connectivity index (χ0n) is 9.54. The molecule has 3 aromatic rings. The van der Waals surface area contributed by atoms with Crippen LogP contribution in [0, 0.1) is 6.92 Å². The lowest BCUT2D eigenvalue weighted by atomic mass is 10.2. The Bertz CT molecular complexity index is 736. The van der Waals surface area contributed by atoms with Gasteiger partial charge in [0.25, 0.3) is 0 Å². The molecule has 0 aliphatic carbocycles. The molecule has 0 aliphatic heterocycles. The summed E-state index contributed by atoms with van der Waals surface area (Å²) in [6.45, 7) is 2.03. The summed E-state index contributed by atoms with van der Waals surface area (Å²) in [5, 5.41) is 0.664. The van der Waals surface area contributed by atoms with E-state index in [0.29, 0.717) is 5.02 Å². The molecular weight excluding hydrogens is 314 g/mol. The van der Waals surface area contributed by atoms with Crippen molar-refractivity contribution in [3.05, 3.63) is 45.5 Å². The molecule has 1 aromatic carbocycles. The predicted octanol–water partition coefficient (Wildman–Crippen LogP) is 4.35. The Morgan fingerprint density at radius 1 is 1.28 bits per heavy atom. The quantitative estimate of drug-likeness (QED) is 0.723. The summed E-state index contributed by atoms with van der Waals surface area (Å²) >= 11 is 9.46. The fourth-order valence-corrected chi connectivity index (χ4v) is 2.24. The van der Waals surface area contributed by atoms with Crippen LogP contribution in [-0.2, 0) is 0 Å². The first-order chi connectivity index (χ1) is 8.65. The molecule has 1 N–H and O–H groups in total. The van der Waals surface area contributed by atoms with Crippen molar-refractivity contribution in [3.8, 4) is 11.4 Å². The van der Waals surface area contributed by atoms with Gasteiger partial charge in [0.1, 0.15) is 5.82 Å². The molecule has 90 valence electrons. The number of halogens is 2. The molecule has 0 unspecified atom stereocenters. The zero-order chi connectivity index (χ0) is 12.7.